The van der Waals surface area contributed by atoms with E-state index in [1.54, 1.807) is 6.07 Å². The van der Waals surface area contributed by atoms with Gasteiger partial charge in [0.2, 0.25) is 0 Å². The van der Waals surface area contributed by atoms with Crippen molar-refractivity contribution in [3.05, 3.63) is 29.6 Å². The summed E-state index contributed by atoms with van der Waals surface area (Å²) < 4.78 is 13.6. The van der Waals surface area contributed by atoms with Gasteiger partial charge in [-0.15, -0.1) is 0 Å². The van der Waals surface area contributed by atoms with Crippen LogP contribution in [0.1, 0.15) is 38.7 Å². The quantitative estimate of drug-likeness (QED) is 0.764. The number of rotatable bonds is 6. The molecule has 1 atom stereocenters. The van der Waals surface area contributed by atoms with Gasteiger partial charge in [0.1, 0.15) is 10.8 Å². The predicted octanol–water partition coefficient (Wildman–Crippen LogP) is 3.45. The van der Waals surface area contributed by atoms with Crippen molar-refractivity contribution in [3.8, 4) is 0 Å². The summed E-state index contributed by atoms with van der Waals surface area (Å²) in [6.45, 7) is 4.23. The summed E-state index contributed by atoms with van der Waals surface area (Å²) in [4.78, 5) is 0.0944. The topological polar surface area (TPSA) is 38.0 Å². The first-order chi connectivity index (χ1) is 8.10. The molecule has 0 amide bonds. The Morgan fingerprint density at radius 3 is 2.71 bits per heavy atom. The van der Waals surface area contributed by atoms with Crippen LogP contribution in [0, 0.1) is 5.82 Å². The van der Waals surface area contributed by atoms with Crippen LogP contribution >= 0.6 is 12.2 Å². The third-order valence-corrected chi connectivity index (χ3v) is 2.95. The molecule has 1 aromatic carbocycles. The van der Waals surface area contributed by atoms with Crippen LogP contribution in [0.4, 0.5) is 10.1 Å². The van der Waals surface area contributed by atoms with Crippen molar-refractivity contribution in [2.24, 2.45) is 5.73 Å². The number of benzene rings is 1. The molecule has 0 heterocycles. The molecule has 4 heteroatoms. The Kier molecular flexibility index (Phi) is 5.35. The van der Waals surface area contributed by atoms with Gasteiger partial charge in [0, 0.05) is 11.7 Å². The van der Waals surface area contributed by atoms with E-state index in [4.69, 9.17) is 18.0 Å². The number of hydrogen-bond acceptors (Lipinski definition) is 2. The minimum absolute atomic E-state index is 0.0944. The Balaban J connectivity index is 2.97. The van der Waals surface area contributed by atoms with E-state index in [-0.39, 0.29) is 10.8 Å². The van der Waals surface area contributed by atoms with Crippen LogP contribution in [0.2, 0.25) is 0 Å². The fraction of sp³-hybridized carbons (Fsp3) is 0.462. The average molecular weight is 254 g/mol. The third-order valence-electron chi connectivity index (χ3n) is 2.75. The van der Waals surface area contributed by atoms with E-state index in [0.29, 0.717) is 17.3 Å². The number of thiocarbonyl (C=S) groups is 1. The van der Waals surface area contributed by atoms with Gasteiger partial charge >= 0.3 is 0 Å². The van der Waals surface area contributed by atoms with E-state index < -0.39 is 0 Å². The van der Waals surface area contributed by atoms with Crippen molar-refractivity contribution in [3.63, 3.8) is 0 Å². The van der Waals surface area contributed by atoms with Crippen LogP contribution < -0.4 is 11.1 Å². The van der Waals surface area contributed by atoms with E-state index in [0.717, 1.165) is 19.3 Å². The van der Waals surface area contributed by atoms with E-state index in [2.05, 4.69) is 19.2 Å². The fourth-order valence-corrected chi connectivity index (χ4v) is 2.05. The van der Waals surface area contributed by atoms with Crippen molar-refractivity contribution in [2.45, 2.75) is 39.2 Å². The molecule has 17 heavy (non-hydrogen) atoms. The fourth-order valence-electron chi connectivity index (χ4n) is 1.84. The number of halogens is 1. The maximum atomic E-state index is 13.6. The molecule has 0 bridgehead atoms. The molecule has 1 rings (SSSR count). The van der Waals surface area contributed by atoms with Gasteiger partial charge in [-0.1, -0.05) is 38.6 Å². The largest absolute Gasteiger partial charge is 0.389 e. The van der Waals surface area contributed by atoms with Crippen LogP contribution in [0.3, 0.4) is 0 Å². The highest BCUT2D eigenvalue weighted by atomic mass is 32.1. The standard InChI is InChI=1S/C13H19FN2S/c1-3-6-9(4-2)16-11-8-5-7-10(14)12(11)13(15)17/h5,7-9,16H,3-4,6H2,1-2H3,(H2,15,17). The molecule has 3 N–H and O–H groups in total. The maximum absolute atomic E-state index is 13.6. The van der Waals surface area contributed by atoms with Crippen LogP contribution in [-0.4, -0.2) is 11.0 Å². The smallest absolute Gasteiger partial charge is 0.135 e. The van der Waals surface area contributed by atoms with Crippen molar-refractivity contribution >= 4 is 22.9 Å². The van der Waals surface area contributed by atoms with Gasteiger partial charge in [-0.2, -0.15) is 0 Å². The van der Waals surface area contributed by atoms with Gasteiger partial charge in [0.05, 0.1) is 5.56 Å². The van der Waals surface area contributed by atoms with Gasteiger partial charge < -0.3 is 11.1 Å². The molecular formula is C13H19FN2S. The summed E-state index contributed by atoms with van der Waals surface area (Å²) in [5, 5.41) is 3.31. The van der Waals surface area contributed by atoms with E-state index in [1.807, 2.05) is 6.07 Å². The maximum Gasteiger partial charge on any atom is 0.135 e. The Bertz CT molecular complexity index is 393. The zero-order valence-corrected chi connectivity index (χ0v) is 11.1. The minimum Gasteiger partial charge on any atom is -0.389 e. The zero-order valence-electron chi connectivity index (χ0n) is 10.3. The average Bonchev–Trinajstić information content (AvgIpc) is 2.28. The van der Waals surface area contributed by atoms with E-state index in [1.165, 1.54) is 6.07 Å². The molecule has 0 spiro atoms. The molecule has 94 valence electrons. The third kappa shape index (κ3) is 3.66. The second kappa shape index (κ2) is 6.55. The van der Waals surface area contributed by atoms with Crippen molar-refractivity contribution < 1.29 is 4.39 Å². The normalized spacial score (nSPS) is 12.2. The Hall–Kier alpha value is -1.16. The predicted molar refractivity (Wildman–Crippen MR) is 74.9 cm³/mol. The lowest BCUT2D eigenvalue weighted by Crippen LogP contribution is -2.22. The van der Waals surface area contributed by atoms with Gasteiger partial charge in [0.25, 0.3) is 0 Å². The minimum atomic E-state index is -0.367. The van der Waals surface area contributed by atoms with E-state index in [9.17, 15) is 4.39 Å². The molecule has 2 nitrogen and oxygen atoms in total. The molecule has 0 fully saturated rings. The molecule has 0 aliphatic carbocycles. The van der Waals surface area contributed by atoms with Crippen molar-refractivity contribution in [1.29, 1.82) is 0 Å². The lowest BCUT2D eigenvalue weighted by atomic mass is 10.1. The lowest BCUT2D eigenvalue weighted by molar-refractivity contribution is 0.613. The van der Waals surface area contributed by atoms with Crippen LogP contribution in [0.25, 0.3) is 0 Å². The lowest BCUT2D eigenvalue weighted by Gasteiger charge is -2.20. The van der Waals surface area contributed by atoms with Crippen LogP contribution in [0.5, 0.6) is 0 Å². The Morgan fingerprint density at radius 1 is 1.47 bits per heavy atom. The highest BCUT2D eigenvalue weighted by molar-refractivity contribution is 7.80. The number of hydrogen-bond donors (Lipinski definition) is 2. The number of nitrogens with two attached hydrogens (primary N) is 1. The SMILES string of the molecule is CCCC(CC)Nc1cccc(F)c1C(N)=S. The highest BCUT2D eigenvalue weighted by Crippen LogP contribution is 2.21. The van der Waals surface area contributed by atoms with Crippen molar-refractivity contribution in [2.75, 3.05) is 5.32 Å². The molecule has 0 aromatic heterocycles. The molecular weight excluding hydrogens is 235 g/mol. The first-order valence-electron chi connectivity index (χ1n) is 5.95. The number of nitrogens with one attached hydrogen (secondary N) is 1. The Morgan fingerprint density at radius 2 is 2.18 bits per heavy atom. The summed E-state index contributed by atoms with van der Waals surface area (Å²) in [7, 11) is 0. The molecule has 0 radical (unpaired) electrons. The molecule has 0 aliphatic rings. The molecule has 0 saturated heterocycles. The van der Waals surface area contributed by atoms with Gasteiger partial charge in [-0.3, -0.25) is 0 Å². The Labute approximate surface area is 107 Å². The summed E-state index contributed by atoms with van der Waals surface area (Å²) in [6.07, 6.45) is 3.12. The summed E-state index contributed by atoms with van der Waals surface area (Å²) in [5.74, 6) is -0.367. The molecule has 1 aromatic rings. The van der Waals surface area contributed by atoms with Crippen LogP contribution in [-0.2, 0) is 0 Å². The van der Waals surface area contributed by atoms with Gasteiger partial charge in [-0.05, 0) is 25.0 Å². The number of anilines is 1. The van der Waals surface area contributed by atoms with Gasteiger partial charge in [0.15, 0.2) is 0 Å². The first-order valence-corrected chi connectivity index (χ1v) is 6.35. The summed E-state index contributed by atoms with van der Waals surface area (Å²) >= 11 is 4.89. The molecule has 0 aliphatic heterocycles. The van der Waals surface area contributed by atoms with Crippen molar-refractivity contribution in [1.82, 2.24) is 0 Å². The zero-order chi connectivity index (χ0) is 12.8. The second-order valence-corrected chi connectivity index (χ2v) is 4.50. The highest BCUT2D eigenvalue weighted by Gasteiger charge is 2.13. The second-order valence-electron chi connectivity index (χ2n) is 4.06. The monoisotopic (exact) mass is 254 g/mol. The molecule has 0 saturated carbocycles. The molecule has 1 unspecified atom stereocenters. The first kappa shape index (κ1) is 13.9. The summed E-state index contributed by atoms with van der Waals surface area (Å²) in [5.41, 5.74) is 6.57. The van der Waals surface area contributed by atoms with Crippen LogP contribution in [0.15, 0.2) is 18.2 Å². The summed E-state index contributed by atoms with van der Waals surface area (Å²) in [6, 6.07) is 5.18. The van der Waals surface area contributed by atoms with Gasteiger partial charge in [-0.25, -0.2) is 4.39 Å². The van der Waals surface area contributed by atoms with E-state index >= 15 is 0 Å².